The van der Waals surface area contributed by atoms with Crippen LogP contribution in [0.3, 0.4) is 0 Å². The van der Waals surface area contributed by atoms with Crippen LogP contribution in [0.15, 0.2) is 6.20 Å². The van der Waals surface area contributed by atoms with Crippen molar-refractivity contribution in [1.29, 1.82) is 0 Å². The number of carboxylic acid groups (broad SMARTS) is 1. The van der Waals surface area contributed by atoms with Gasteiger partial charge in [-0.25, -0.2) is 4.98 Å². The SMILES string of the molecule is Cc1cn(C)c(C(C(=O)O)N(C)C)n1. The monoisotopic (exact) mass is 197 g/mol. The van der Waals surface area contributed by atoms with Gasteiger partial charge in [-0.1, -0.05) is 0 Å². The molecule has 1 N–H and O–H groups in total. The lowest BCUT2D eigenvalue weighted by Crippen LogP contribution is -2.29. The second-order valence-corrected chi connectivity index (χ2v) is 3.56. The summed E-state index contributed by atoms with van der Waals surface area (Å²) in [4.78, 5) is 16.8. The van der Waals surface area contributed by atoms with Crippen molar-refractivity contribution in [2.45, 2.75) is 13.0 Å². The van der Waals surface area contributed by atoms with Crippen LogP contribution in [-0.2, 0) is 11.8 Å². The number of hydrogen-bond acceptors (Lipinski definition) is 3. The van der Waals surface area contributed by atoms with Gasteiger partial charge in [0.25, 0.3) is 0 Å². The van der Waals surface area contributed by atoms with E-state index in [2.05, 4.69) is 4.98 Å². The van der Waals surface area contributed by atoms with Gasteiger partial charge in [0.2, 0.25) is 0 Å². The number of aliphatic carboxylic acids is 1. The van der Waals surface area contributed by atoms with E-state index in [-0.39, 0.29) is 0 Å². The number of carbonyl (C=O) groups is 1. The molecule has 0 amide bonds. The summed E-state index contributed by atoms with van der Waals surface area (Å²) >= 11 is 0. The zero-order valence-electron chi connectivity index (χ0n) is 8.85. The van der Waals surface area contributed by atoms with Gasteiger partial charge in [-0.15, -0.1) is 0 Å². The first-order chi connectivity index (χ1) is 6.43. The van der Waals surface area contributed by atoms with E-state index in [1.165, 1.54) is 0 Å². The van der Waals surface area contributed by atoms with Crippen molar-refractivity contribution in [3.63, 3.8) is 0 Å². The van der Waals surface area contributed by atoms with Crippen LogP contribution in [0.1, 0.15) is 17.6 Å². The number of hydrogen-bond donors (Lipinski definition) is 1. The molecule has 14 heavy (non-hydrogen) atoms. The van der Waals surface area contributed by atoms with Crippen LogP contribution in [0.4, 0.5) is 0 Å². The van der Waals surface area contributed by atoms with E-state index in [9.17, 15) is 4.79 Å². The normalized spacial score (nSPS) is 13.2. The largest absolute Gasteiger partial charge is 0.480 e. The molecule has 0 aromatic carbocycles. The molecule has 0 saturated carbocycles. The van der Waals surface area contributed by atoms with E-state index < -0.39 is 12.0 Å². The Hall–Kier alpha value is -1.36. The van der Waals surface area contributed by atoms with Gasteiger partial charge in [-0.05, 0) is 21.0 Å². The topological polar surface area (TPSA) is 58.4 Å². The lowest BCUT2D eigenvalue weighted by atomic mass is 10.2. The number of carboxylic acids is 1. The summed E-state index contributed by atoms with van der Waals surface area (Å²) in [5, 5.41) is 9.04. The average molecular weight is 197 g/mol. The van der Waals surface area contributed by atoms with Crippen molar-refractivity contribution in [1.82, 2.24) is 14.5 Å². The van der Waals surface area contributed by atoms with Gasteiger partial charge < -0.3 is 9.67 Å². The quantitative estimate of drug-likeness (QED) is 0.762. The van der Waals surface area contributed by atoms with Gasteiger partial charge in [0, 0.05) is 13.2 Å². The molecule has 0 fully saturated rings. The molecule has 0 saturated heterocycles. The molecule has 1 heterocycles. The molecule has 0 bridgehead atoms. The molecule has 1 rings (SSSR count). The molecule has 1 aromatic heterocycles. The Morgan fingerprint density at radius 2 is 2.21 bits per heavy atom. The fourth-order valence-corrected chi connectivity index (χ4v) is 1.45. The van der Waals surface area contributed by atoms with Crippen molar-refractivity contribution < 1.29 is 9.90 Å². The third kappa shape index (κ3) is 1.93. The minimum atomic E-state index is -0.885. The highest BCUT2D eigenvalue weighted by Crippen LogP contribution is 2.16. The maximum absolute atomic E-state index is 11.0. The van der Waals surface area contributed by atoms with Gasteiger partial charge in [-0.3, -0.25) is 9.69 Å². The maximum atomic E-state index is 11.0. The smallest absolute Gasteiger partial charge is 0.328 e. The molecule has 5 nitrogen and oxygen atoms in total. The zero-order chi connectivity index (χ0) is 10.9. The van der Waals surface area contributed by atoms with Gasteiger partial charge in [-0.2, -0.15) is 0 Å². The Morgan fingerprint density at radius 1 is 1.64 bits per heavy atom. The molecule has 0 radical (unpaired) electrons. The summed E-state index contributed by atoms with van der Waals surface area (Å²) in [6.07, 6.45) is 1.81. The Kier molecular flexibility index (Phi) is 2.90. The Bertz CT molecular complexity index is 344. The molecule has 0 spiro atoms. The molecule has 0 aliphatic carbocycles. The van der Waals surface area contributed by atoms with Crippen molar-refractivity contribution in [2.24, 2.45) is 7.05 Å². The predicted octanol–water partition coefficient (Wildman–Crippen LogP) is 0.416. The van der Waals surface area contributed by atoms with Gasteiger partial charge in [0.15, 0.2) is 6.04 Å². The molecule has 1 atom stereocenters. The minimum Gasteiger partial charge on any atom is -0.480 e. The standard InChI is InChI=1S/C9H15N3O2/c1-6-5-12(4)8(10-6)7(9(13)14)11(2)3/h5,7H,1-4H3,(H,13,14). The molecule has 1 aromatic rings. The van der Waals surface area contributed by atoms with Crippen LogP contribution in [0, 0.1) is 6.92 Å². The number of rotatable bonds is 3. The van der Waals surface area contributed by atoms with Crippen LogP contribution < -0.4 is 0 Å². The Balaban J connectivity index is 3.11. The average Bonchev–Trinajstić information content (AvgIpc) is 2.29. The van der Waals surface area contributed by atoms with E-state index in [1.54, 1.807) is 30.6 Å². The van der Waals surface area contributed by atoms with Crippen LogP contribution >= 0.6 is 0 Å². The fourth-order valence-electron chi connectivity index (χ4n) is 1.45. The number of imidazole rings is 1. The third-order valence-corrected chi connectivity index (χ3v) is 2.03. The summed E-state index contributed by atoms with van der Waals surface area (Å²) in [6, 6.07) is -0.686. The van der Waals surface area contributed by atoms with Crippen LogP contribution in [0.5, 0.6) is 0 Å². The van der Waals surface area contributed by atoms with Gasteiger partial charge in [0.05, 0.1) is 5.69 Å². The molecule has 5 heteroatoms. The maximum Gasteiger partial charge on any atom is 0.328 e. The molecule has 78 valence electrons. The van der Waals surface area contributed by atoms with E-state index in [0.29, 0.717) is 5.82 Å². The van der Waals surface area contributed by atoms with Crippen molar-refractivity contribution >= 4 is 5.97 Å². The van der Waals surface area contributed by atoms with Crippen LogP contribution in [-0.4, -0.2) is 39.6 Å². The van der Waals surface area contributed by atoms with E-state index in [4.69, 9.17) is 5.11 Å². The molecule has 0 aliphatic rings. The predicted molar refractivity (Wildman–Crippen MR) is 52.0 cm³/mol. The molecule has 1 unspecified atom stereocenters. The first-order valence-electron chi connectivity index (χ1n) is 4.32. The highest BCUT2D eigenvalue weighted by molar-refractivity contribution is 5.74. The highest BCUT2D eigenvalue weighted by Gasteiger charge is 2.26. The number of aryl methyl sites for hydroxylation is 2. The van der Waals surface area contributed by atoms with Gasteiger partial charge in [0.1, 0.15) is 5.82 Å². The van der Waals surface area contributed by atoms with Crippen molar-refractivity contribution in [3.8, 4) is 0 Å². The zero-order valence-corrected chi connectivity index (χ0v) is 8.85. The molecular weight excluding hydrogens is 182 g/mol. The van der Waals surface area contributed by atoms with Crippen LogP contribution in [0.25, 0.3) is 0 Å². The number of nitrogens with zero attached hydrogens (tertiary/aromatic N) is 3. The van der Waals surface area contributed by atoms with E-state index >= 15 is 0 Å². The van der Waals surface area contributed by atoms with E-state index in [0.717, 1.165) is 5.69 Å². The Morgan fingerprint density at radius 3 is 2.50 bits per heavy atom. The van der Waals surface area contributed by atoms with E-state index in [1.807, 2.05) is 13.1 Å². The van der Waals surface area contributed by atoms with Gasteiger partial charge >= 0.3 is 5.97 Å². The van der Waals surface area contributed by atoms with Crippen molar-refractivity contribution in [2.75, 3.05) is 14.1 Å². The minimum absolute atomic E-state index is 0.556. The first kappa shape index (κ1) is 10.7. The summed E-state index contributed by atoms with van der Waals surface area (Å²) in [5.41, 5.74) is 0.829. The summed E-state index contributed by atoms with van der Waals surface area (Å²) in [5.74, 6) is -0.330. The molecular formula is C9H15N3O2. The lowest BCUT2D eigenvalue weighted by Gasteiger charge is -2.19. The number of likely N-dealkylation sites (N-methyl/N-ethyl adjacent to an activating group) is 1. The van der Waals surface area contributed by atoms with Crippen molar-refractivity contribution in [3.05, 3.63) is 17.7 Å². The second kappa shape index (κ2) is 3.79. The number of aromatic nitrogens is 2. The Labute approximate surface area is 83.0 Å². The summed E-state index contributed by atoms with van der Waals surface area (Å²) in [7, 11) is 5.25. The highest BCUT2D eigenvalue weighted by atomic mass is 16.4. The second-order valence-electron chi connectivity index (χ2n) is 3.56. The summed E-state index contributed by atoms with van der Waals surface area (Å²) in [6.45, 7) is 1.85. The molecule has 0 aliphatic heterocycles. The lowest BCUT2D eigenvalue weighted by molar-refractivity contribution is -0.142. The summed E-state index contributed by atoms with van der Waals surface area (Å²) < 4.78 is 1.74. The fraction of sp³-hybridized carbons (Fsp3) is 0.556. The van der Waals surface area contributed by atoms with Crippen LogP contribution in [0.2, 0.25) is 0 Å². The third-order valence-electron chi connectivity index (χ3n) is 2.03. The first-order valence-corrected chi connectivity index (χ1v) is 4.32.